The standard InChI is InChI=1S/C32H42N4O10/c1-19(2)14-22(6-10-26(38)25(16-33)36-28(40)11-12-29(36)41)31(44)34-20(3)27(39)15-23(7-13-30(42)43)32(45)35-24-8-4-21(5-9-24)17-46-18-37/h4-5,8-9,11-12,18-20,22-23,25H,6-7,10,13-17,33H2,1-3H3,(H,34,44)(H,35,45)(H,42,43)/t20-,22+,23+,25?/m0/s1/i18D. The second kappa shape index (κ2) is 18.3. The Morgan fingerprint density at radius 2 is 1.57 bits per heavy atom. The van der Waals surface area contributed by atoms with Crippen LogP contribution in [0.5, 0.6) is 0 Å². The van der Waals surface area contributed by atoms with Gasteiger partial charge >= 0.3 is 5.97 Å². The van der Waals surface area contributed by atoms with Crippen LogP contribution in [-0.4, -0.2) is 76.2 Å². The van der Waals surface area contributed by atoms with E-state index in [0.29, 0.717) is 17.7 Å². The van der Waals surface area contributed by atoms with Crippen LogP contribution in [0, 0.1) is 17.8 Å². The summed E-state index contributed by atoms with van der Waals surface area (Å²) in [5.41, 5.74) is 6.62. The van der Waals surface area contributed by atoms with Crippen molar-refractivity contribution in [1.29, 1.82) is 0 Å². The second-order valence-electron chi connectivity index (χ2n) is 11.6. The van der Waals surface area contributed by atoms with E-state index < -0.39 is 71.5 Å². The van der Waals surface area contributed by atoms with Gasteiger partial charge in [-0.1, -0.05) is 26.0 Å². The number of aliphatic carboxylic acids is 1. The van der Waals surface area contributed by atoms with E-state index in [1.807, 2.05) is 13.8 Å². The van der Waals surface area contributed by atoms with E-state index in [0.717, 1.165) is 17.1 Å². The van der Waals surface area contributed by atoms with Gasteiger partial charge in [-0.15, -0.1) is 0 Å². The van der Waals surface area contributed by atoms with Gasteiger partial charge in [-0.3, -0.25) is 43.3 Å². The van der Waals surface area contributed by atoms with Crippen LogP contribution in [-0.2, 0) is 49.7 Å². The number of Topliss-reactive ketones (excluding diaryl/α,β-unsaturated/α-hetero) is 2. The maximum atomic E-state index is 13.3. The summed E-state index contributed by atoms with van der Waals surface area (Å²) in [7, 11) is 0. The Labute approximate surface area is 268 Å². The highest BCUT2D eigenvalue weighted by molar-refractivity contribution is 6.15. The lowest BCUT2D eigenvalue weighted by Crippen LogP contribution is -2.49. The molecule has 0 aliphatic carbocycles. The van der Waals surface area contributed by atoms with Crippen LogP contribution in [0.1, 0.15) is 66.2 Å². The van der Waals surface area contributed by atoms with Gasteiger partial charge in [-0.05, 0) is 49.8 Å². The highest BCUT2D eigenvalue weighted by Crippen LogP contribution is 2.22. The van der Waals surface area contributed by atoms with Crippen LogP contribution < -0.4 is 16.4 Å². The van der Waals surface area contributed by atoms with Crippen LogP contribution in [0.15, 0.2) is 36.4 Å². The van der Waals surface area contributed by atoms with Gasteiger partial charge < -0.3 is 26.2 Å². The van der Waals surface area contributed by atoms with Crippen LogP contribution in [0.3, 0.4) is 0 Å². The molecule has 4 amide bonds. The monoisotopic (exact) mass is 643 g/mol. The fraction of sp³-hybridized carbons (Fsp3) is 0.500. The predicted octanol–water partition coefficient (Wildman–Crippen LogP) is 1.51. The van der Waals surface area contributed by atoms with Crippen molar-refractivity contribution in [2.45, 2.75) is 78.0 Å². The van der Waals surface area contributed by atoms with Gasteiger partial charge in [-0.2, -0.15) is 0 Å². The summed E-state index contributed by atoms with van der Waals surface area (Å²) in [4.78, 5) is 99.3. The van der Waals surface area contributed by atoms with Crippen molar-refractivity contribution in [3.63, 3.8) is 0 Å². The molecule has 1 unspecified atom stereocenters. The summed E-state index contributed by atoms with van der Waals surface area (Å²) in [6.07, 6.45) is 0.391. The SMILES string of the molecule is [2H]C(=O)OCc1ccc(NC(=O)[C@H](CCC(=O)O)CC(=O)[C@H](C)NC(=O)[C@H](CCC(=O)C(CN)N2C(=O)C=CC2=O)CC(C)C)cc1. The average Bonchev–Trinajstić information content (AvgIpc) is 3.33. The molecule has 0 saturated heterocycles. The maximum absolute atomic E-state index is 13.3. The Morgan fingerprint density at radius 1 is 0.957 bits per heavy atom. The summed E-state index contributed by atoms with van der Waals surface area (Å²) in [6, 6.07) is 3.98. The number of nitrogens with two attached hydrogens (primary N) is 1. The molecule has 0 spiro atoms. The third-order valence-corrected chi connectivity index (χ3v) is 7.50. The van der Waals surface area contributed by atoms with Gasteiger partial charge in [0, 0.05) is 55.5 Å². The van der Waals surface area contributed by atoms with Crippen LogP contribution >= 0.6 is 0 Å². The third kappa shape index (κ3) is 11.7. The number of rotatable bonds is 20. The van der Waals surface area contributed by atoms with Crippen LogP contribution in [0.25, 0.3) is 0 Å². The van der Waals surface area contributed by atoms with Crippen molar-refractivity contribution in [2.24, 2.45) is 23.5 Å². The smallest absolute Gasteiger partial charge is 0.303 e. The van der Waals surface area contributed by atoms with Gasteiger partial charge in [-0.25, -0.2) is 0 Å². The molecule has 2 rings (SSSR count). The van der Waals surface area contributed by atoms with Crippen molar-refractivity contribution in [3.8, 4) is 0 Å². The van der Waals surface area contributed by atoms with Crippen LogP contribution in [0.4, 0.5) is 5.69 Å². The number of nitrogens with one attached hydrogen (secondary N) is 2. The minimum Gasteiger partial charge on any atom is -0.481 e. The van der Waals surface area contributed by atoms with Crippen molar-refractivity contribution in [2.75, 3.05) is 11.9 Å². The number of carboxylic acid groups (broad SMARTS) is 1. The van der Waals surface area contributed by atoms with Crippen molar-refractivity contribution >= 4 is 53.3 Å². The Balaban J connectivity index is 2.04. The number of ether oxygens (including phenoxy) is 1. The molecule has 0 aromatic heterocycles. The van der Waals surface area contributed by atoms with Crippen molar-refractivity contribution in [1.82, 2.24) is 10.2 Å². The second-order valence-corrected chi connectivity index (χ2v) is 11.6. The molecule has 1 heterocycles. The van der Waals surface area contributed by atoms with Gasteiger partial charge in [0.1, 0.15) is 12.6 Å². The zero-order valence-electron chi connectivity index (χ0n) is 27.2. The molecule has 1 aromatic rings. The zero-order valence-corrected chi connectivity index (χ0v) is 26.2. The molecule has 14 heteroatoms. The van der Waals surface area contributed by atoms with Crippen molar-refractivity contribution < 1.29 is 49.6 Å². The van der Waals surface area contributed by atoms with E-state index in [9.17, 15) is 43.5 Å². The molecule has 5 N–H and O–H groups in total. The molecule has 0 saturated carbocycles. The summed E-state index contributed by atoms with van der Waals surface area (Å²) >= 11 is 0. The first kappa shape index (κ1) is 35.8. The fourth-order valence-electron chi connectivity index (χ4n) is 5.00. The highest BCUT2D eigenvalue weighted by atomic mass is 16.5. The zero-order chi connectivity index (χ0) is 35.3. The fourth-order valence-corrected chi connectivity index (χ4v) is 5.00. The number of hydrogen-bond acceptors (Lipinski definition) is 10. The largest absolute Gasteiger partial charge is 0.481 e. The minimum absolute atomic E-state index is 0.0500. The van der Waals surface area contributed by atoms with Crippen LogP contribution in [0.2, 0.25) is 0 Å². The summed E-state index contributed by atoms with van der Waals surface area (Å²) in [5.74, 6) is -6.15. The van der Waals surface area contributed by atoms with Gasteiger partial charge in [0.15, 0.2) is 12.9 Å². The molecule has 250 valence electrons. The third-order valence-electron chi connectivity index (χ3n) is 7.50. The molecule has 0 radical (unpaired) electrons. The Hall–Kier alpha value is -4.72. The number of amides is 4. The summed E-state index contributed by atoms with van der Waals surface area (Å²) in [6.45, 7) is 4.83. The Kier molecular flexibility index (Phi) is 14.2. The van der Waals surface area contributed by atoms with E-state index in [1.165, 1.54) is 19.1 Å². The number of ketones is 2. The number of carboxylic acids is 1. The first-order valence-corrected chi connectivity index (χ1v) is 15.0. The molecule has 1 aromatic carbocycles. The highest BCUT2D eigenvalue weighted by Gasteiger charge is 2.35. The molecule has 1 aliphatic rings. The first-order chi connectivity index (χ1) is 22.1. The molecular weight excluding hydrogens is 600 g/mol. The molecule has 4 atom stereocenters. The van der Waals surface area contributed by atoms with Gasteiger partial charge in [0.2, 0.25) is 11.8 Å². The lowest BCUT2D eigenvalue weighted by molar-refractivity contribution is -0.144. The number of anilines is 1. The molecule has 46 heavy (non-hydrogen) atoms. The number of hydrogen-bond donors (Lipinski definition) is 4. The first-order valence-electron chi connectivity index (χ1n) is 15.5. The van der Waals surface area contributed by atoms with E-state index in [1.54, 1.807) is 12.1 Å². The predicted molar refractivity (Wildman–Crippen MR) is 165 cm³/mol. The van der Waals surface area contributed by atoms with E-state index >= 15 is 0 Å². The Bertz CT molecular complexity index is 1360. The number of imide groups is 1. The van der Waals surface area contributed by atoms with E-state index in [2.05, 4.69) is 15.4 Å². The number of carbonyl (C=O) groups is 8. The molecule has 1 aliphatic heterocycles. The number of nitrogens with zero attached hydrogens (tertiary/aromatic N) is 1. The van der Waals surface area contributed by atoms with E-state index in [4.69, 9.17) is 7.10 Å². The molecular formula is C32H42N4O10. The molecule has 0 fully saturated rings. The lowest BCUT2D eigenvalue weighted by Gasteiger charge is -2.25. The van der Waals surface area contributed by atoms with E-state index in [-0.39, 0.29) is 51.2 Å². The lowest BCUT2D eigenvalue weighted by atomic mass is 9.89. The van der Waals surface area contributed by atoms with Crippen molar-refractivity contribution in [3.05, 3.63) is 42.0 Å². The summed E-state index contributed by atoms with van der Waals surface area (Å²) in [5, 5.41) is 14.5. The average molecular weight is 644 g/mol. The Morgan fingerprint density at radius 3 is 2.11 bits per heavy atom. The molecule has 14 nitrogen and oxygen atoms in total. The number of benzene rings is 1. The quantitative estimate of drug-likeness (QED) is 0.118. The molecule has 0 bridgehead atoms. The maximum Gasteiger partial charge on any atom is 0.303 e. The normalized spacial score (nSPS) is 15.5. The topological polar surface area (TPSA) is 219 Å². The van der Waals surface area contributed by atoms with Gasteiger partial charge in [0.05, 0.1) is 6.04 Å². The minimum atomic E-state index is -1.19. The van der Waals surface area contributed by atoms with Gasteiger partial charge in [0.25, 0.3) is 18.3 Å². The summed E-state index contributed by atoms with van der Waals surface area (Å²) < 4.78 is 11.4. The number of carbonyl (C=O) groups excluding carboxylic acids is 7.